The van der Waals surface area contributed by atoms with Crippen molar-refractivity contribution in [2.24, 2.45) is 0 Å². The number of alkyl halides is 1. The number of hydrogen-bond donors (Lipinski definition) is 0. The molecule has 0 N–H and O–H groups in total. The quantitative estimate of drug-likeness (QED) is 0.711. The Morgan fingerprint density at radius 2 is 1.89 bits per heavy atom. The number of methoxy groups -OCH3 is 2. The van der Waals surface area contributed by atoms with Crippen LogP contribution in [0, 0.1) is 0 Å². The van der Waals surface area contributed by atoms with Crippen LogP contribution in [0.5, 0.6) is 11.5 Å². The highest BCUT2D eigenvalue weighted by Crippen LogP contribution is 2.27. The summed E-state index contributed by atoms with van der Waals surface area (Å²) in [6.07, 6.45) is 0.991. The Morgan fingerprint density at radius 3 is 2.44 bits per heavy atom. The van der Waals surface area contributed by atoms with E-state index in [1.807, 2.05) is 19.1 Å². The van der Waals surface area contributed by atoms with E-state index in [0.29, 0.717) is 0 Å². The lowest BCUT2D eigenvalue weighted by molar-refractivity contribution is 0.319. The normalized spacial score (nSPS) is 12.6. The van der Waals surface area contributed by atoms with Gasteiger partial charge in [-0.05, 0) is 44.6 Å². The second kappa shape index (κ2) is 7.49. The summed E-state index contributed by atoms with van der Waals surface area (Å²) in [7, 11) is 5.39. The molecule has 0 saturated heterocycles. The first-order chi connectivity index (χ1) is 8.56. The maximum Gasteiger partial charge on any atom is 0.161 e. The van der Waals surface area contributed by atoms with Gasteiger partial charge in [-0.15, -0.1) is 11.6 Å². The Morgan fingerprint density at radius 1 is 1.22 bits per heavy atom. The zero-order chi connectivity index (χ0) is 13.5. The van der Waals surface area contributed by atoms with E-state index in [9.17, 15) is 0 Å². The predicted octanol–water partition coefficient (Wildman–Crippen LogP) is 3.15. The Bertz CT molecular complexity index is 369. The summed E-state index contributed by atoms with van der Waals surface area (Å²) < 4.78 is 10.5. The molecule has 0 heterocycles. The van der Waals surface area contributed by atoms with Crippen LogP contribution in [-0.4, -0.2) is 38.1 Å². The van der Waals surface area contributed by atoms with Gasteiger partial charge in [0.05, 0.1) is 14.2 Å². The summed E-state index contributed by atoms with van der Waals surface area (Å²) >= 11 is 5.95. The SMILES string of the molecule is COc1ccc(CN(C)CCC(C)Cl)cc1OC. The average Bonchev–Trinajstić information content (AvgIpc) is 2.36. The molecular formula is C14H22ClNO2. The van der Waals surface area contributed by atoms with Gasteiger partial charge in [0.15, 0.2) is 11.5 Å². The van der Waals surface area contributed by atoms with Crippen LogP contribution in [0.2, 0.25) is 0 Å². The third-order valence-corrected chi connectivity index (χ3v) is 3.03. The Labute approximate surface area is 115 Å². The first-order valence-electron chi connectivity index (χ1n) is 6.10. The number of ether oxygens (including phenoxy) is 2. The first-order valence-corrected chi connectivity index (χ1v) is 6.54. The van der Waals surface area contributed by atoms with E-state index in [2.05, 4.69) is 18.0 Å². The standard InChI is InChI=1S/C14H22ClNO2/c1-11(15)7-8-16(2)10-12-5-6-13(17-3)14(9-12)18-4/h5-6,9,11H,7-8,10H2,1-4H3. The summed E-state index contributed by atoms with van der Waals surface area (Å²) in [6.45, 7) is 3.88. The summed E-state index contributed by atoms with van der Waals surface area (Å²) in [5, 5.41) is 0.220. The number of nitrogens with zero attached hydrogens (tertiary/aromatic N) is 1. The number of benzene rings is 1. The predicted molar refractivity (Wildman–Crippen MR) is 75.8 cm³/mol. The van der Waals surface area contributed by atoms with Gasteiger partial charge in [0, 0.05) is 11.9 Å². The summed E-state index contributed by atoms with van der Waals surface area (Å²) in [6, 6.07) is 6.01. The number of halogens is 1. The molecule has 0 aliphatic heterocycles. The minimum atomic E-state index is 0.220. The molecule has 0 aliphatic carbocycles. The third kappa shape index (κ3) is 4.75. The second-order valence-corrected chi connectivity index (χ2v) is 5.24. The van der Waals surface area contributed by atoms with Gasteiger partial charge in [-0.3, -0.25) is 0 Å². The van der Waals surface area contributed by atoms with E-state index in [-0.39, 0.29) is 5.38 Å². The van der Waals surface area contributed by atoms with Crippen LogP contribution in [0.3, 0.4) is 0 Å². The zero-order valence-electron chi connectivity index (χ0n) is 11.6. The lowest BCUT2D eigenvalue weighted by Gasteiger charge is -2.18. The van der Waals surface area contributed by atoms with Crippen LogP contribution >= 0.6 is 11.6 Å². The molecule has 0 radical (unpaired) electrons. The van der Waals surface area contributed by atoms with Crippen molar-refractivity contribution in [2.45, 2.75) is 25.3 Å². The van der Waals surface area contributed by atoms with Gasteiger partial charge in [-0.25, -0.2) is 0 Å². The molecule has 0 saturated carbocycles. The first kappa shape index (κ1) is 15.1. The molecule has 18 heavy (non-hydrogen) atoms. The molecular weight excluding hydrogens is 250 g/mol. The van der Waals surface area contributed by atoms with Crippen molar-refractivity contribution in [3.05, 3.63) is 23.8 Å². The van der Waals surface area contributed by atoms with Crippen molar-refractivity contribution >= 4 is 11.6 Å². The molecule has 1 aromatic rings. The highest BCUT2D eigenvalue weighted by atomic mass is 35.5. The topological polar surface area (TPSA) is 21.7 Å². The van der Waals surface area contributed by atoms with E-state index in [1.54, 1.807) is 14.2 Å². The van der Waals surface area contributed by atoms with Crippen LogP contribution in [-0.2, 0) is 6.54 Å². The van der Waals surface area contributed by atoms with Crippen molar-refractivity contribution in [2.75, 3.05) is 27.8 Å². The van der Waals surface area contributed by atoms with Crippen molar-refractivity contribution in [3.63, 3.8) is 0 Å². The third-order valence-electron chi connectivity index (χ3n) is 2.81. The number of hydrogen-bond acceptors (Lipinski definition) is 3. The molecule has 0 bridgehead atoms. The van der Waals surface area contributed by atoms with Gasteiger partial charge in [0.25, 0.3) is 0 Å². The fourth-order valence-corrected chi connectivity index (χ4v) is 1.87. The molecule has 102 valence electrons. The summed E-state index contributed by atoms with van der Waals surface area (Å²) in [5.41, 5.74) is 1.21. The van der Waals surface area contributed by atoms with Gasteiger partial charge >= 0.3 is 0 Å². The van der Waals surface area contributed by atoms with Crippen LogP contribution in [0.15, 0.2) is 18.2 Å². The smallest absolute Gasteiger partial charge is 0.161 e. The van der Waals surface area contributed by atoms with Gasteiger partial charge < -0.3 is 14.4 Å². The van der Waals surface area contributed by atoms with Crippen LogP contribution < -0.4 is 9.47 Å². The Hall–Kier alpha value is -0.930. The largest absolute Gasteiger partial charge is 0.493 e. The lowest BCUT2D eigenvalue weighted by atomic mass is 10.2. The molecule has 1 atom stereocenters. The van der Waals surface area contributed by atoms with Gasteiger partial charge in [-0.1, -0.05) is 6.07 Å². The highest BCUT2D eigenvalue weighted by Gasteiger charge is 2.07. The minimum Gasteiger partial charge on any atom is -0.493 e. The maximum atomic E-state index is 5.95. The zero-order valence-corrected chi connectivity index (χ0v) is 12.3. The Balaban J connectivity index is 2.61. The lowest BCUT2D eigenvalue weighted by Crippen LogP contribution is -2.20. The molecule has 0 spiro atoms. The maximum absolute atomic E-state index is 5.95. The van der Waals surface area contributed by atoms with E-state index >= 15 is 0 Å². The minimum absolute atomic E-state index is 0.220. The van der Waals surface area contributed by atoms with Gasteiger partial charge in [0.1, 0.15) is 0 Å². The fraction of sp³-hybridized carbons (Fsp3) is 0.571. The summed E-state index contributed by atoms with van der Waals surface area (Å²) in [5.74, 6) is 1.53. The Kier molecular flexibility index (Phi) is 6.30. The van der Waals surface area contributed by atoms with E-state index in [4.69, 9.17) is 21.1 Å². The van der Waals surface area contributed by atoms with E-state index in [0.717, 1.165) is 31.0 Å². The molecule has 4 heteroatoms. The van der Waals surface area contributed by atoms with Crippen LogP contribution in [0.1, 0.15) is 18.9 Å². The summed E-state index contributed by atoms with van der Waals surface area (Å²) in [4.78, 5) is 2.25. The molecule has 0 amide bonds. The van der Waals surface area contributed by atoms with E-state index in [1.165, 1.54) is 5.56 Å². The van der Waals surface area contributed by atoms with Crippen molar-refractivity contribution in [3.8, 4) is 11.5 Å². The molecule has 1 aromatic carbocycles. The fourth-order valence-electron chi connectivity index (χ4n) is 1.77. The average molecular weight is 272 g/mol. The van der Waals surface area contributed by atoms with E-state index < -0.39 is 0 Å². The second-order valence-electron chi connectivity index (χ2n) is 4.50. The van der Waals surface area contributed by atoms with Crippen molar-refractivity contribution in [1.82, 2.24) is 4.90 Å². The molecule has 0 aromatic heterocycles. The van der Waals surface area contributed by atoms with Crippen molar-refractivity contribution < 1.29 is 9.47 Å². The van der Waals surface area contributed by atoms with Crippen LogP contribution in [0.25, 0.3) is 0 Å². The van der Waals surface area contributed by atoms with Gasteiger partial charge in [0.2, 0.25) is 0 Å². The molecule has 1 rings (SSSR count). The highest BCUT2D eigenvalue weighted by molar-refractivity contribution is 6.20. The van der Waals surface area contributed by atoms with Gasteiger partial charge in [-0.2, -0.15) is 0 Å². The molecule has 0 aliphatic rings. The van der Waals surface area contributed by atoms with Crippen molar-refractivity contribution in [1.29, 1.82) is 0 Å². The van der Waals surface area contributed by atoms with Crippen LogP contribution in [0.4, 0.5) is 0 Å². The molecule has 1 unspecified atom stereocenters. The molecule has 3 nitrogen and oxygen atoms in total. The monoisotopic (exact) mass is 271 g/mol. The number of rotatable bonds is 7. The molecule has 0 fully saturated rings.